The summed E-state index contributed by atoms with van der Waals surface area (Å²) >= 11 is 0. The minimum atomic E-state index is 0.985. The summed E-state index contributed by atoms with van der Waals surface area (Å²) in [5.41, 5.74) is 4.78. The second-order valence-electron chi connectivity index (χ2n) is 3.55. The van der Waals surface area contributed by atoms with Crippen LogP contribution in [-0.2, 0) is 12.8 Å². The molecule has 2 nitrogen and oxygen atoms in total. The largest absolute Gasteiger partial charge is 0.472 e. The first kappa shape index (κ1) is 9.97. The second kappa shape index (κ2) is 4.30. The predicted octanol–water partition coefficient (Wildman–Crippen LogP) is 3.47. The van der Waals surface area contributed by atoms with E-state index in [4.69, 9.17) is 4.42 Å². The molecule has 0 saturated heterocycles. The molecule has 0 fully saturated rings. The van der Waals surface area contributed by atoms with Gasteiger partial charge in [-0.05, 0) is 30.5 Å². The summed E-state index contributed by atoms with van der Waals surface area (Å²) in [6.45, 7) is 4.29. The van der Waals surface area contributed by atoms with E-state index in [1.54, 1.807) is 12.5 Å². The first-order valence-corrected chi connectivity index (χ1v) is 5.35. The van der Waals surface area contributed by atoms with Gasteiger partial charge in [0.05, 0.1) is 12.5 Å². The van der Waals surface area contributed by atoms with Crippen LogP contribution in [0.1, 0.15) is 25.1 Å². The SMILES string of the molecule is CCc1cc(CC)c(-c2ccoc2)cn1. The van der Waals surface area contributed by atoms with Crippen LogP contribution < -0.4 is 0 Å². The molecular formula is C13H15NO. The first-order valence-electron chi connectivity index (χ1n) is 5.35. The van der Waals surface area contributed by atoms with Crippen molar-refractivity contribution in [3.05, 3.63) is 42.1 Å². The van der Waals surface area contributed by atoms with Crippen molar-refractivity contribution in [2.24, 2.45) is 0 Å². The highest BCUT2D eigenvalue weighted by Gasteiger charge is 2.06. The van der Waals surface area contributed by atoms with Gasteiger partial charge in [-0.25, -0.2) is 0 Å². The Bertz CT molecular complexity index is 432. The number of nitrogens with zero attached hydrogens (tertiary/aromatic N) is 1. The molecule has 0 saturated carbocycles. The van der Waals surface area contributed by atoms with Crippen LogP contribution in [0.5, 0.6) is 0 Å². The van der Waals surface area contributed by atoms with Gasteiger partial charge in [0.15, 0.2) is 0 Å². The number of aryl methyl sites for hydroxylation is 2. The lowest BCUT2D eigenvalue weighted by Gasteiger charge is -2.06. The number of pyridine rings is 1. The Morgan fingerprint density at radius 3 is 2.73 bits per heavy atom. The van der Waals surface area contributed by atoms with E-state index in [2.05, 4.69) is 24.9 Å². The van der Waals surface area contributed by atoms with Crippen molar-refractivity contribution < 1.29 is 4.42 Å². The summed E-state index contributed by atoms with van der Waals surface area (Å²) in [4.78, 5) is 4.42. The molecule has 2 aromatic rings. The predicted molar refractivity (Wildman–Crippen MR) is 60.7 cm³/mol. The van der Waals surface area contributed by atoms with Crippen molar-refractivity contribution in [2.45, 2.75) is 26.7 Å². The Kier molecular flexibility index (Phi) is 2.86. The van der Waals surface area contributed by atoms with Gasteiger partial charge in [-0.1, -0.05) is 13.8 Å². The fraction of sp³-hybridized carbons (Fsp3) is 0.308. The Balaban J connectivity index is 2.48. The molecule has 2 heterocycles. The molecule has 0 amide bonds. The Hall–Kier alpha value is -1.57. The fourth-order valence-electron chi connectivity index (χ4n) is 1.71. The molecule has 0 unspecified atom stereocenters. The normalized spacial score (nSPS) is 10.5. The van der Waals surface area contributed by atoms with Crippen molar-refractivity contribution in [1.29, 1.82) is 0 Å². The van der Waals surface area contributed by atoms with E-state index in [-0.39, 0.29) is 0 Å². The lowest BCUT2D eigenvalue weighted by atomic mass is 10.0. The lowest BCUT2D eigenvalue weighted by Crippen LogP contribution is -1.93. The van der Waals surface area contributed by atoms with Gasteiger partial charge in [0.2, 0.25) is 0 Å². The molecule has 0 radical (unpaired) electrons. The molecule has 0 aromatic carbocycles. The molecule has 78 valence electrons. The van der Waals surface area contributed by atoms with Crippen LogP contribution in [0.25, 0.3) is 11.1 Å². The maximum atomic E-state index is 5.10. The molecule has 2 heteroatoms. The highest BCUT2D eigenvalue weighted by Crippen LogP contribution is 2.24. The van der Waals surface area contributed by atoms with E-state index >= 15 is 0 Å². The van der Waals surface area contributed by atoms with E-state index in [1.165, 1.54) is 11.1 Å². The van der Waals surface area contributed by atoms with E-state index < -0.39 is 0 Å². The number of hydrogen-bond acceptors (Lipinski definition) is 2. The molecule has 0 N–H and O–H groups in total. The maximum Gasteiger partial charge on any atom is 0.0981 e. The van der Waals surface area contributed by atoms with Gasteiger partial charge in [-0.2, -0.15) is 0 Å². The van der Waals surface area contributed by atoms with Crippen LogP contribution in [0.3, 0.4) is 0 Å². The third kappa shape index (κ3) is 1.94. The van der Waals surface area contributed by atoms with Gasteiger partial charge in [0.25, 0.3) is 0 Å². The molecule has 15 heavy (non-hydrogen) atoms. The highest BCUT2D eigenvalue weighted by molar-refractivity contribution is 5.65. The summed E-state index contributed by atoms with van der Waals surface area (Å²) in [5.74, 6) is 0. The van der Waals surface area contributed by atoms with Gasteiger partial charge < -0.3 is 4.42 Å². The van der Waals surface area contributed by atoms with Gasteiger partial charge in [0.1, 0.15) is 0 Å². The average Bonchev–Trinajstić information content (AvgIpc) is 2.81. The molecule has 2 rings (SSSR count). The number of furan rings is 1. The van der Waals surface area contributed by atoms with Crippen molar-refractivity contribution in [3.8, 4) is 11.1 Å². The molecule has 0 aliphatic heterocycles. The fourth-order valence-corrected chi connectivity index (χ4v) is 1.71. The van der Waals surface area contributed by atoms with E-state index in [1.807, 2.05) is 12.3 Å². The van der Waals surface area contributed by atoms with Crippen molar-refractivity contribution in [2.75, 3.05) is 0 Å². The first-order chi connectivity index (χ1) is 7.35. The summed E-state index contributed by atoms with van der Waals surface area (Å²) in [7, 11) is 0. The smallest absolute Gasteiger partial charge is 0.0981 e. The van der Waals surface area contributed by atoms with Gasteiger partial charge in [0, 0.05) is 23.0 Å². The Labute approximate surface area is 90.0 Å². The molecular weight excluding hydrogens is 186 g/mol. The van der Waals surface area contributed by atoms with Crippen LogP contribution in [-0.4, -0.2) is 4.98 Å². The molecule has 0 atom stereocenters. The average molecular weight is 201 g/mol. The van der Waals surface area contributed by atoms with Crippen molar-refractivity contribution >= 4 is 0 Å². The maximum absolute atomic E-state index is 5.10. The monoisotopic (exact) mass is 201 g/mol. The minimum absolute atomic E-state index is 0.985. The Morgan fingerprint density at radius 2 is 2.13 bits per heavy atom. The van der Waals surface area contributed by atoms with E-state index in [0.29, 0.717) is 0 Å². The second-order valence-corrected chi connectivity index (χ2v) is 3.55. The summed E-state index contributed by atoms with van der Waals surface area (Å²) < 4.78 is 5.10. The van der Waals surface area contributed by atoms with Gasteiger partial charge in [-0.15, -0.1) is 0 Å². The van der Waals surface area contributed by atoms with Gasteiger partial charge in [-0.3, -0.25) is 4.98 Å². The zero-order chi connectivity index (χ0) is 10.7. The van der Waals surface area contributed by atoms with E-state index in [0.717, 1.165) is 24.1 Å². The molecule has 0 bridgehead atoms. The standard InChI is InChI=1S/C13H15NO/c1-3-10-7-12(4-2)14-8-13(10)11-5-6-15-9-11/h5-9H,3-4H2,1-2H3. The van der Waals surface area contributed by atoms with Crippen molar-refractivity contribution in [1.82, 2.24) is 4.98 Å². The third-order valence-electron chi connectivity index (χ3n) is 2.62. The topological polar surface area (TPSA) is 26.0 Å². The number of hydrogen-bond donors (Lipinski definition) is 0. The zero-order valence-electron chi connectivity index (χ0n) is 9.16. The Morgan fingerprint density at radius 1 is 1.27 bits per heavy atom. The highest BCUT2D eigenvalue weighted by atomic mass is 16.3. The summed E-state index contributed by atoms with van der Waals surface area (Å²) in [6.07, 6.45) is 7.42. The number of aromatic nitrogens is 1. The van der Waals surface area contributed by atoms with Crippen LogP contribution in [0.4, 0.5) is 0 Å². The number of rotatable bonds is 3. The van der Waals surface area contributed by atoms with Crippen LogP contribution in [0, 0.1) is 0 Å². The van der Waals surface area contributed by atoms with Crippen LogP contribution in [0.2, 0.25) is 0 Å². The van der Waals surface area contributed by atoms with Crippen LogP contribution >= 0.6 is 0 Å². The van der Waals surface area contributed by atoms with E-state index in [9.17, 15) is 0 Å². The molecule has 0 aliphatic carbocycles. The quantitative estimate of drug-likeness (QED) is 0.760. The summed E-state index contributed by atoms with van der Waals surface area (Å²) in [5, 5.41) is 0. The van der Waals surface area contributed by atoms with Crippen LogP contribution in [0.15, 0.2) is 35.3 Å². The minimum Gasteiger partial charge on any atom is -0.472 e. The van der Waals surface area contributed by atoms with Gasteiger partial charge >= 0.3 is 0 Å². The zero-order valence-corrected chi connectivity index (χ0v) is 9.16. The third-order valence-corrected chi connectivity index (χ3v) is 2.62. The molecule has 2 aromatic heterocycles. The molecule has 0 spiro atoms. The summed E-state index contributed by atoms with van der Waals surface area (Å²) in [6, 6.07) is 4.16. The van der Waals surface area contributed by atoms with Crippen molar-refractivity contribution in [3.63, 3.8) is 0 Å². The molecule has 0 aliphatic rings. The lowest BCUT2D eigenvalue weighted by molar-refractivity contribution is 0.568.